The second kappa shape index (κ2) is 5.45. The van der Waals surface area contributed by atoms with Crippen molar-refractivity contribution in [3.8, 4) is 5.75 Å². The quantitative estimate of drug-likeness (QED) is 0.866. The number of rotatable bonds is 5. The molecule has 0 amide bonds. The van der Waals surface area contributed by atoms with Crippen LogP contribution < -0.4 is 15.8 Å². The van der Waals surface area contributed by atoms with Gasteiger partial charge in [0, 0.05) is 17.1 Å². The predicted molar refractivity (Wildman–Crippen MR) is 79.7 cm³/mol. The number of methoxy groups -OCH3 is 1. The van der Waals surface area contributed by atoms with Crippen molar-refractivity contribution in [2.24, 2.45) is 5.73 Å². The number of fused-ring (bicyclic) bond motifs is 1. The molecule has 3 N–H and O–H groups in total. The van der Waals surface area contributed by atoms with Crippen LogP contribution in [0.15, 0.2) is 30.5 Å². The maximum absolute atomic E-state index is 5.64. The number of anilines is 1. The first-order valence-electron chi connectivity index (χ1n) is 6.47. The monoisotopic (exact) mass is 259 g/mol. The molecule has 1 heterocycles. The molecular weight excluding hydrogens is 238 g/mol. The van der Waals surface area contributed by atoms with Crippen molar-refractivity contribution in [2.75, 3.05) is 19.0 Å². The molecule has 0 radical (unpaired) electrons. The number of hydrogen-bond acceptors (Lipinski definition) is 4. The molecule has 2 rings (SSSR count). The second-order valence-corrected chi connectivity index (χ2v) is 5.29. The second-order valence-electron chi connectivity index (χ2n) is 5.29. The van der Waals surface area contributed by atoms with Gasteiger partial charge in [-0.25, -0.2) is 4.98 Å². The molecule has 0 aliphatic carbocycles. The number of ether oxygens (including phenoxy) is 1. The van der Waals surface area contributed by atoms with Gasteiger partial charge in [-0.2, -0.15) is 0 Å². The highest BCUT2D eigenvalue weighted by molar-refractivity contribution is 5.92. The van der Waals surface area contributed by atoms with Crippen LogP contribution in [0.5, 0.6) is 5.75 Å². The summed E-state index contributed by atoms with van der Waals surface area (Å²) in [5, 5.41) is 5.67. The molecular formula is C15H21N3O. The topological polar surface area (TPSA) is 60.2 Å². The third-order valence-corrected chi connectivity index (χ3v) is 3.20. The highest BCUT2D eigenvalue weighted by atomic mass is 16.5. The van der Waals surface area contributed by atoms with Crippen molar-refractivity contribution in [2.45, 2.75) is 25.8 Å². The average Bonchev–Trinajstić information content (AvgIpc) is 2.38. The first kappa shape index (κ1) is 13.6. The van der Waals surface area contributed by atoms with Crippen molar-refractivity contribution in [3.05, 3.63) is 30.5 Å². The van der Waals surface area contributed by atoms with Gasteiger partial charge in [0.15, 0.2) is 0 Å². The Kier molecular flexibility index (Phi) is 3.90. The predicted octanol–water partition coefficient (Wildman–Crippen LogP) is 2.78. The summed E-state index contributed by atoms with van der Waals surface area (Å²) in [6.07, 6.45) is 2.70. The maximum atomic E-state index is 5.64. The van der Waals surface area contributed by atoms with E-state index >= 15 is 0 Å². The van der Waals surface area contributed by atoms with Crippen molar-refractivity contribution in [1.29, 1.82) is 0 Å². The summed E-state index contributed by atoms with van der Waals surface area (Å²) < 4.78 is 5.24. The normalized spacial score (nSPS) is 11.6. The number of aromatic nitrogens is 1. The minimum absolute atomic E-state index is 0.0735. The van der Waals surface area contributed by atoms with E-state index in [1.54, 1.807) is 7.11 Å². The van der Waals surface area contributed by atoms with E-state index in [1.807, 2.05) is 30.5 Å². The van der Waals surface area contributed by atoms with Crippen molar-refractivity contribution in [1.82, 2.24) is 4.98 Å². The van der Waals surface area contributed by atoms with Crippen LogP contribution in [0.1, 0.15) is 20.3 Å². The maximum Gasteiger partial charge on any atom is 0.134 e. The van der Waals surface area contributed by atoms with Gasteiger partial charge in [0.05, 0.1) is 7.11 Å². The molecule has 0 spiro atoms. The smallest absolute Gasteiger partial charge is 0.134 e. The van der Waals surface area contributed by atoms with Gasteiger partial charge in [0.2, 0.25) is 0 Å². The lowest BCUT2D eigenvalue weighted by Gasteiger charge is -2.27. The molecule has 0 aliphatic rings. The Morgan fingerprint density at radius 2 is 2.11 bits per heavy atom. The standard InChI is InChI=1S/C15H21N3O/c1-15(2,7-8-16)18-14-13-5-4-12(19-3)10-11(13)6-9-17-14/h4-6,9-10H,7-8,16H2,1-3H3,(H,17,18). The average molecular weight is 259 g/mol. The van der Waals surface area contributed by atoms with E-state index in [0.29, 0.717) is 6.54 Å². The summed E-state index contributed by atoms with van der Waals surface area (Å²) in [5.41, 5.74) is 5.57. The number of nitrogens with two attached hydrogens (primary N) is 1. The largest absolute Gasteiger partial charge is 0.497 e. The lowest BCUT2D eigenvalue weighted by molar-refractivity contribution is 0.415. The van der Waals surface area contributed by atoms with E-state index in [2.05, 4.69) is 24.1 Å². The minimum atomic E-state index is -0.0735. The van der Waals surface area contributed by atoms with E-state index in [-0.39, 0.29) is 5.54 Å². The molecule has 2 aromatic rings. The van der Waals surface area contributed by atoms with Crippen molar-refractivity contribution in [3.63, 3.8) is 0 Å². The summed E-state index contributed by atoms with van der Waals surface area (Å²) in [6, 6.07) is 7.98. The van der Waals surface area contributed by atoms with E-state index in [9.17, 15) is 0 Å². The van der Waals surface area contributed by atoms with Crippen LogP contribution in [0.3, 0.4) is 0 Å². The van der Waals surface area contributed by atoms with Crippen LogP contribution >= 0.6 is 0 Å². The molecule has 0 saturated heterocycles. The van der Waals surface area contributed by atoms with E-state index < -0.39 is 0 Å². The summed E-state index contributed by atoms with van der Waals surface area (Å²) in [4.78, 5) is 4.44. The molecule has 1 aromatic carbocycles. The van der Waals surface area contributed by atoms with Crippen LogP contribution in [0.4, 0.5) is 5.82 Å². The Hall–Kier alpha value is -1.81. The Balaban J connectivity index is 2.38. The van der Waals surface area contributed by atoms with Gasteiger partial charge in [-0.15, -0.1) is 0 Å². The summed E-state index contributed by atoms with van der Waals surface area (Å²) in [6.45, 7) is 4.91. The number of nitrogens with zero attached hydrogens (tertiary/aromatic N) is 1. The molecule has 1 aromatic heterocycles. The zero-order valence-electron chi connectivity index (χ0n) is 11.7. The van der Waals surface area contributed by atoms with Crippen LogP contribution in [0, 0.1) is 0 Å². The fourth-order valence-corrected chi connectivity index (χ4v) is 2.13. The number of pyridine rings is 1. The molecule has 102 valence electrons. The van der Waals surface area contributed by atoms with Gasteiger partial charge in [-0.1, -0.05) is 0 Å². The van der Waals surface area contributed by atoms with Crippen LogP contribution in [-0.2, 0) is 0 Å². The van der Waals surface area contributed by atoms with Crippen LogP contribution in [0.25, 0.3) is 10.8 Å². The molecule has 4 nitrogen and oxygen atoms in total. The summed E-state index contributed by atoms with van der Waals surface area (Å²) >= 11 is 0. The Morgan fingerprint density at radius 1 is 1.32 bits per heavy atom. The zero-order chi connectivity index (χ0) is 13.9. The van der Waals surface area contributed by atoms with Crippen molar-refractivity contribution < 1.29 is 4.74 Å². The fourth-order valence-electron chi connectivity index (χ4n) is 2.13. The Morgan fingerprint density at radius 3 is 2.79 bits per heavy atom. The van der Waals surface area contributed by atoms with E-state index in [4.69, 9.17) is 10.5 Å². The molecule has 19 heavy (non-hydrogen) atoms. The Labute approximate surface area is 114 Å². The van der Waals surface area contributed by atoms with Gasteiger partial charge in [0.1, 0.15) is 11.6 Å². The van der Waals surface area contributed by atoms with Gasteiger partial charge < -0.3 is 15.8 Å². The molecule has 0 atom stereocenters. The van der Waals surface area contributed by atoms with E-state index in [0.717, 1.165) is 28.8 Å². The highest BCUT2D eigenvalue weighted by Gasteiger charge is 2.18. The van der Waals surface area contributed by atoms with Gasteiger partial charge in [-0.05, 0) is 56.5 Å². The van der Waals surface area contributed by atoms with Crippen LogP contribution in [0.2, 0.25) is 0 Å². The zero-order valence-corrected chi connectivity index (χ0v) is 11.7. The third kappa shape index (κ3) is 3.15. The number of nitrogens with one attached hydrogen (secondary N) is 1. The summed E-state index contributed by atoms with van der Waals surface area (Å²) in [7, 11) is 1.67. The molecule has 0 saturated carbocycles. The molecule has 0 fully saturated rings. The first-order valence-corrected chi connectivity index (χ1v) is 6.47. The highest BCUT2D eigenvalue weighted by Crippen LogP contribution is 2.27. The van der Waals surface area contributed by atoms with E-state index in [1.165, 1.54) is 0 Å². The molecule has 0 unspecified atom stereocenters. The number of benzene rings is 1. The van der Waals surface area contributed by atoms with Gasteiger partial charge in [0.25, 0.3) is 0 Å². The third-order valence-electron chi connectivity index (χ3n) is 3.20. The fraction of sp³-hybridized carbons (Fsp3) is 0.400. The SMILES string of the molecule is COc1ccc2c(NC(C)(C)CCN)nccc2c1. The number of hydrogen-bond donors (Lipinski definition) is 2. The lowest BCUT2D eigenvalue weighted by Crippen LogP contribution is -2.33. The molecule has 0 bridgehead atoms. The van der Waals surface area contributed by atoms with Gasteiger partial charge >= 0.3 is 0 Å². The minimum Gasteiger partial charge on any atom is -0.497 e. The van der Waals surface area contributed by atoms with Crippen molar-refractivity contribution >= 4 is 16.6 Å². The Bertz CT molecular complexity index is 566. The first-order chi connectivity index (χ1) is 9.05. The van der Waals surface area contributed by atoms with Gasteiger partial charge in [-0.3, -0.25) is 0 Å². The van der Waals surface area contributed by atoms with Crippen LogP contribution in [-0.4, -0.2) is 24.2 Å². The molecule has 4 heteroatoms. The lowest BCUT2D eigenvalue weighted by atomic mass is 10.0. The summed E-state index contributed by atoms with van der Waals surface area (Å²) in [5.74, 6) is 1.74. The molecule has 0 aliphatic heterocycles.